The van der Waals surface area contributed by atoms with E-state index in [0.29, 0.717) is 36.4 Å². The molecule has 0 aromatic heterocycles. The smallest absolute Gasteiger partial charge is 0.255 e. The molecule has 4 fully saturated rings. The first-order chi connectivity index (χ1) is 16.5. The number of carbonyl (C=O) groups excluding carboxylic acids is 2. The molecule has 1 aromatic carbocycles. The number of rotatable bonds is 4. The van der Waals surface area contributed by atoms with Crippen LogP contribution in [0.25, 0.3) is 0 Å². The molecule has 4 aliphatic heterocycles. The Kier molecular flexibility index (Phi) is 5.65. The normalized spacial score (nSPS) is 31.2. The Bertz CT molecular complexity index is 1000. The summed E-state index contributed by atoms with van der Waals surface area (Å²) < 4.78 is 12.2. The molecule has 7 nitrogen and oxygen atoms in total. The maximum absolute atomic E-state index is 13.0. The van der Waals surface area contributed by atoms with Crippen molar-refractivity contribution >= 4 is 11.8 Å². The lowest BCUT2D eigenvalue weighted by Gasteiger charge is -2.35. The Morgan fingerprint density at radius 1 is 1.12 bits per heavy atom. The minimum Gasteiger partial charge on any atom is -0.489 e. The molecule has 182 valence electrons. The van der Waals surface area contributed by atoms with E-state index in [1.807, 2.05) is 18.2 Å². The van der Waals surface area contributed by atoms with Crippen LogP contribution in [-0.2, 0) is 16.1 Å². The van der Waals surface area contributed by atoms with E-state index in [4.69, 9.17) is 9.47 Å². The van der Waals surface area contributed by atoms with Crippen molar-refractivity contribution in [2.45, 2.75) is 76.1 Å². The van der Waals surface area contributed by atoms with Crippen LogP contribution in [0.4, 0.5) is 0 Å². The van der Waals surface area contributed by atoms with Gasteiger partial charge in [-0.25, -0.2) is 0 Å². The molecular weight excluding hydrogens is 430 g/mol. The highest BCUT2D eigenvalue weighted by molar-refractivity contribution is 6.01. The van der Waals surface area contributed by atoms with E-state index in [1.165, 1.54) is 38.6 Å². The van der Waals surface area contributed by atoms with E-state index in [9.17, 15) is 9.59 Å². The van der Waals surface area contributed by atoms with Gasteiger partial charge in [-0.05, 0) is 87.1 Å². The molecule has 3 saturated heterocycles. The fraction of sp³-hybridized carbons (Fsp3) is 0.630. The number of hydrogen-bond donors (Lipinski definition) is 1. The van der Waals surface area contributed by atoms with E-state index in [2.05, 4.69) is 16.8 Å². The molecule has 4 heterocycles. The van der Waals surface area contributed by atoms with Crippen LogP contribution in [0, 0.1) is 5.41 Å². The molecule has 6 rings (SSSR count). The maximum Gasteiger partial charge on any atom is 0.255 e. The van der Waals surface area contributed by atoms with E-state index in [-0.39, 0.29) is 17.9 Å². The number of piperidine rings is 1. The first-order valence-electron chi connectivity index (χ1n) is 12.9. The molecule has 1 aliphatic carbocycles. The molecule has 7 heteroatoms. The van der Waals surface area contributed by atoms with Gasteiger partial charge in [-0.2, -0.15) is 0 Å². The molecule has 0 radical (unpaired) electrons. The zero-order valence-corrected chi connectivity index (χ0v) is 19.9. The third-order valence-corrected chi connectivity index (χ3v) is 8.80. The van der Waals surface area contributed by atoms with Gasteiger partial charge in [0, 0.05) is 43.6 Å². The Morgan fingerprint density at radius 2 is 1.97 bits per heavy atom. The quantitative estimate of drug-likeness (QED) is 0.739. The first-order valence-corrected chi connectivity index (χ1v) is 12.9. The number of benzene rings is 1. The Morgan fingerprint density at radius 3 is 2.79 bits per heavy atom. The summed E-state index contributed by atoms with van der Waals surface area (Å²) in [4.78, 5) is 29.9. The summed E-state index contributed by atoms with van der Waals surface area (Å²) in [5.41, 5.74) is 2.82. The summed E-state index contributed by atoms with van der Waals surface area (Å²) in [5, 5.41) is 2.80. The SMILES string of the molecule is C=C1CCC(N2Cc3cc(O[C@H]4CCC[C@H]4N4CCC5(CCOCC5)C4)ccc3C2=O)C(=O)N1. The second-order valence-electron chi connectivity index (χ2n) is 10.9. The van der Waals surface area contributed by atoms with Crippen molar-refractivity contribution in [3.63, 3.8) is 0 Å². The number of amides is 2. The molecule has 1 spiro atoms. The average Bonchev–Trinajstić information content (AvgIpc) is 3.53. The van der Waals surface area contributed by atoms with E-state index >= 15 is 0 Å². The van der Waals surface area contributed by atoms with Crippen molar-refractivity contribution in [3.05, 3.63) is 41.6 Å². The van der Waals surface area contributed by atoms with Crippen LogP contribution in [0.1, 0.15) is 67.3 Å². The van der Waals surface area contributed by atoms with E-state index in [0.717, 1.165) is 43.2 Å². The standard InChI is InChI=1S/C27H35N3O4/c1-18-5-8-23(25(31)28-18)30-16-19-15-20(6-7-21(19)26(30)32)34-24-4-2-3-22(24)29-12-9-27(17-29)10-13-33-14-11-27/h6-7,15,22-24H,1-5,8-14,16-17H2,(H,28,31)/t22-,23?,24+/m1/s1. The van der Waals surface area contributed by atoms with Crippen LogP contribution < -0.4 is 10.1 Å². The van der Waals surface area contributed by atoms with Gasteiger partial charge in [0.25, 0.3) is 5.91 Å². The molecule has 0 bridgehead atoms. The molecule has 34 heavy (non-hydrogen) atoms. The number of nitrogens with one attached hydrogen (secondary N) is 1. The molecule has 1 N–H and O–H groups in total. The zero-order chi connectivity index (χ0) is 23.3. The number of likely N-dealkylation sites (tertiary alicyclic amines) is 1. The average molecular weight is 466 g/mol. The number of allylic oxidation sites excluding steroid dienone is 1. The predicted molar refractivity (Wildman–Crippen MR) is 127 cm³/mol. The lowest BCUT2D eigenvalue weighted by Crippen LogP contribution is -2.49. The van der Waals surface area contributed by atoms with Crippen molar-refractivity contribution in [1.29, 1.82) is 0 Å². The first kappa shape index (κ1) is 22.1. The van der Waals surface area contributed by atoms with Crippen LogP contribution in [0.15, 0.2) is 30.5 Å². The number of ether oxygens (including phenoxy) is 2. The van der Waals surface area contributed by atoms with Gasteiger partial charge >= 0.3 is 0 Å². The third-order valence-electron chi connectivity index (χ3n) is 8.80. The second-order valence-corrected chi connectivity index (χ2v) is 10.9. The largest absolute Gasteiger partial charge is 0.489 e. The fourth-order valence-electron chi connectivity index (χ4n) is 6.81. The Hall–Kier alpha value is -2.38. The number of carbonyl (C=O) groups is 2. The number of hydrogen-bond acceptors (Lipinski definition) is 5. The summed E-state index contributed by atoms with van der Waals surface area (Å²) in [5.74, 6) is 0.647. The molecular formula is C27H35N3O4. The van der Waals surface area contributed by atoms with Gasteiger partial charge in [-0.1, -0.05) is 6.58 Å². The van der Waals surface area contributed by atoms with Crippen molar-refractivity contribution in [2.75, 3.05) is 26.3 Å². The van der Waals surface area contributed by atoms with Crippen molar-refractivity contribution in [2.24, 2.45) is 5.41 Å². The van der Waals surface area contributed by atoms with Crippen LogP contribution in [0.2, 0.25) is 0 Å². The minimum atomic E-state index is -0.429. The minimum absolute atomic E-state index is 0.0632. The lowest BCUT2D eigenvalue weighted by atomic mass is 9.79. The third kappa shape index (κ3) is 3.93. The highest BCUT2D eigenvalue weighted by Crippen LogP contribution is 2.43. The summed E-state index contributed by atoms with van der Waals surface area (Å²) in [6.45, 7) is 8.44. The van der Waals surface area contributed by atoms with Gasteiger partial charge in [-0.15, -0.1) is 0 Å². The van der Waals surface area contributed by atoms with Crippen LogP contribution in [0.3, 0.4) is 0 Å². The van der Waals surface area contributed by atoms with Gasteiger partial charge in [0.2, 0.25) is 5.91 Å². The van der Waals surface area contributed by atoms with Gasteiger partial charge in [0.15, 0.2) is 0 Å². The molecule has 2 amide bonds. The van der Waals surface area contributed by atoms with E-state index in [1.54, 1.807) is 4.90 Å². The predicted octanol–water partition coefficient (Wildman–Crippen LogP) is 3.24. The maximum atomic E-state index is 13.0. The topological polar surface area (TPSA) is 71.1 Å². The highest BCUT2D eigenvalue weighted by Gasteiger charge is 2.45. The second kappa shape index (κ2) is 8.68. The molecule has 1 saturated carbocycles. The molecule has 5 aliphatic rings. The summed E-state index contributed by atoms with van der Waals surface area (Å²) in [6, 6.07) is 5.87. The molecule has 1 unspecified atom stereocenters. The molecule has 1 aromatic rings. The van der Waals surface area contributed by atoms with Crippen LogP contribution in [-0.4, -0.2) is 66.1 Å². The Labute approximate surface area is 201 Å². The monoisotopic (exact) mass is 465 g/mol. The highest BCUT2D eigenvalue weighted by atomic mass is 16.5. The van der Waals surface area contributed by atoms with Crippen molar-refractivity contribution in [3.8, 4) is 5.75 Å². The van der Waals surface area contributed by atoms with Crippen LogP contribution >= 0.6 is 0 Å². The number of nitrogens with zero attached hydrogens (tertiary/aromatic N) is 2. The van der Waals surface area contributed by atoms with Gasteiger partial charge in [0.1, 0.15) is 17.9 Å². The van der Waals surface area contributed by atoms with Crippen molar-refractivity contribution < 1.29 is 19.1 Å². The molecule has 3 atom stereocenters. The fourth-order valence-corrected chi connectivity index (χ4v) is 6.81. The summed E-state index contributed by atoms with van der Waals surface area (Å²) in [6.07, 6.45) is 8.63. The zero-order valence-electron chi connectivity index (χ0n) is 19.9. The number of fused-ring (bicyclic) bond motifs is 1. The van der Waals surface area contributed by atoms with E-state index < -0.39 is 6.04 Å². The van der Waals surface area contributed by atoms with Gasteiger partial charge in [0.05, 0.1) is 0 Å². The van der Waals surface area contributed by atoms with Gasteiger partial charge < -0.3 is 19.7 Å². The van der Waals surface area contributed by atoms with Gasteiger partial charge in [-0.3, -0.25) is 14.5 Å². The lowest BCUT2D eigenvalue weighted by molar-refractivity contribution is -0.126. The Balaban J connectivity index is 1.13. The summed E-state index contributed by atoms with van der Waals surface area (Å²) in [7, 11) is 0. The van der Waals surface area contributed by atoms with Crippen LogP contribution in [0.5, 0.6) is 5.75 Å². The summed E-state index contributed by atoms with van der Waals surface area (Å²) >= 11 is 0. The van der Waals surface area contributed by atoms with Crippen molar-refractivity contribution in [1.82, 2.24) is 15.1 Å².